The molecule has 10 heteroatoms. The van der Waals surface area contributed by atoms with Crippen LogP contribution < -0.4 is 0 Å². The number of carbonyl (C=O) groups excluding carboxylic acids is 4. The number of allylic oxidation sites excluding steroid dienone is 1. The fourth-order valence-corrected chi connectivity index (χ4v) is 7.49. The van der Waals surface area contributed by atoms with Crippen LogP contribution in [0.1, 0.15) is 77.4 Å². The van der Waals surface area contributed by atoms with Gasteiger partial charge in [0.05, 0.1) is 24.0 Å². The second-order valence-electron chi connectivity index (χ2n) is 13.1. The fraction of sp³-hybridized carbons (Fsp3) is 0.611. The van der Waals surface area contributed by atoms with Crippen LogP contribution >= 0.6 is 0 Å². The Morgan fingerprint density at radius 1 is 1.13 bits per heavy atom. The number of benzene rings is 1. The lowest BCUT2D eigenvalue weighted by atomic mass is 9.70. The highest BCUT2D eigenvalue weighted by molar-refractivity contribution is 5.98. The first-order valence-electron chi connectivity index (χ1n) is 16.7. The van der Waals surface area contributed by atoms with Crippen LogP contribution in [0.3, 0.4) is 0 Å². The molecule has 0 unspecified atom stereocenters. The molecular formula is C36H51N3O7. The molecule has 46 heavy (non-hydrogen) atoms. The van der Waals surface area contributed by atoms with Gasteiger partial charge in [-0.05, 0) is 64.9 Å². The lowest BCUT2D eigenvalue weighted by Crippen LogP contribution is -2.57. The van der Waals surface area contributed by atoms with Gasteiger partial charge in [-0.15, -0.1) is 13.2 Å². The summed E-state index contributed by atoms with van der Waals surface area (Å²) in [6, 6.07) is 7.80. The molecule has 1 aromatic carbocycles. The van der Waals surface area contributed by atoms with Gasteiger partial charge in [-0.25, -0.2) is 0 Å². The molecule has 3 amide bonds. The molecule has 1 spiro atoms. The lowest BCUT2D eigenvalue weighted by molar-refractivity contribution is -0.164. The summed E-state index contributed by atoms with van der Waals surface area (Å²) >= 11 is 0. The molecule has 3 saturated heterocycles. The van der Waals surface area contributed by atoms with E-state index in [0.717, 1.165) is 5.56 Å². The van der Waals surface area contributed by atoms with E-state index in [2.05, 4.69) is 13.2 Å². The standard InChI is InChI=1S/C36H51N3O7/c1-7-9-18-28(41)37(6)25(5)31(26-16-12-10-13-17-26)45-35(44)29-27-19-20-36(46-27)30(29)33(42)39(22-14-11-15-23-40)32(36)34(43)38(21-8-2)24(3)4/h7-8,10,12-13,16-17,24-25,27,29-32,40H,1-2,9,11,14-15,18-23H2,3-6H3/t25-,27-,29+,30+,31+,32-,36+/m0/s1. The monoisotopic (exact) mass is 637 g/mol. The maximum absolute atomic E-state index is 14.3. The third-order valence-corrected chi connectivity index (χ3v) is 9.97. The van der Waals surface area contributed by atoms with Crippen molar-refractivity contribution in [2.24, 2.45) is 11.8 Å². The summed E-state index contributed by atoms with van der Waals surface area (Å²) in [6.45, 7) is 13.9. The van der Waals surface area contributed by atoms with E-state index >= 15 is 0 Å². The molecule has 0 radical (unpaired) electrons. The third-order valence-electron chi connectivity index (χ3n) is 9.97. The summed E-state index contributed by atoms with van der Waals surface area (Å²) in [4.78, 5) is 60.8. The summed E-state index contributed by atoms with van der Waals surface area (Å²) in [5, 5.41) is 9.30. The van der Waals surface area contributed by atoms with Crippen molar-refractivity contribution in [3.05, 3.63) is 61.2 Å². The van der Waals surface area contributed by atoms with E-state index in [1.165, 1.54) is 0 Å². The minimum absolute atomic E-state index is 0.0537. The van der Waals surface area contributed by atoms with Crippen molar-refractivity contribution >= 4 is 23.7 Å². The van der Waals surface area contributed by atoms with Gasteiger partial charge in [0.1, 0.15) is 17.7 Å². The van der Waals surface area contributed by atoms with E-state index in [4.69, 9.17) is 9.47 Å². The maximum Gasteiger partial charge on any atom is 0.313 e. The molecular weight excluding hydrogens is 586 g/mol. The smallest absolute Gasteiger partial charge is 0.313 e. The van der Waals surface area contributed by atoms with Crippen molar-refractivity contribution in [3.8, 4) is 0 Å². The highest BCUT2D eigenvalue weighted by atomic mass is 16.6. The molecule has 10 nitrogen and oxygen atoms in total. The number of aliphatic hydroxyl groups excluding tert-OH is 1. The molecule has 252 valence electrons. The van der Waals surface area contributed by atoms with Gasteiger partial charge < -0.3 is 29.3 Å². The van der Waals surface area contributed by atoms with Crippen LogP contribution in [-0.2, 0) is 28.7 Å². The number of nitrogens with zero attached hydrogens (tertiary/aromatic N) is 3. The molecule has 1 aromatic rings. The topological polar surface area (TPSA) is 117 Å². The third kappa shape index (κ3) is 6.79. The first-order valence-corrected chi connectivity index (χ1v) is 16.7. The number of likely N-dealkylation sites (tertiary alicyclic amines) is 1. The van der Waals surface area contributed by atoms with Crippen LogP contribution in [-0.4, -0.2) is 100 Å². The zero-order chi connectivity index (χ0) is 33.6. The number of amides is 3. The number of carbonyl (C=O) groups is 4. The van der Waals surface area contributed by atoms with Gasteiger partial charge in [0, 0.05) is 39.2 Å². The average Bonchev–Trinajstić information content (AvgIpc) is 3.69. The predicted octanol–water partition coefficient (Wildman–Crippen LogP) is 4.04. The van der Waals surface area contributed by atoms with Gasteiger partial charge in [-0.3, -0.25) is 19.2 Å². The Balaban J connectivity index is 1.66. The minimum atomic E-state index is -1.14. The number of ether oxygens (including phenoxy) is 2. The largest absolute Gasteiger partial charge is 0.455 e. The van der Waals surface area contributed by atoms with Crippen molar-refractivity contribution in [2.45, 2.75) is 102 Å². The molecule has 2 bridgehead atoms. The van der Waals surface area contributed by atoms with Gasteiger partial charge in [0.15, 0.2) is 0 Å². The van der Waals surface area contributed by atoms with E-state index in [0.29, 0.717) is 58.0 Å². The highest BCUT2D eigenvalue weighted by Crippen LogP contribution is 2.59. The van der Waals surface area contributed by atoms with Crippen LogP contribution in [0.5, 0.6) is 0 Å². The van der Waals surface area contributed by atoms with Crippen molar-refractivity contribution in [2.75, 3.05) is 26.7 Å². The van der Waals surface area contributed by atoms with Crippen LogP contribution in [0.4, 0.5) is 0 Å². The maximum atomic E-state index is 14.3. The quantitative estimate of drug-likeness (QED) is 0.156. The van der Waals surface area contributed by atoms with Crippen molar-refractivity contribution in [1.82, 2.24) is 14.7 Å². The molecule has 0 aromatic heterocycles. The van der Waals surface area contributed by atoms with E-state index in [9.17, 15) is 24.3 Å². The molecule has 0 saturated carbocycles. The summed E-state index contributed by atoms with van der Waals surface area (Å²) < 4.78 is 12.9. The number of hydrogen-bond donors (Lipinski definition) is 1. The molecule has 0 aliphatic carbocycles. The SMILES string of the molecule is C=CCCC(=O)N(C)[C@@H](C)[C@@H](OC(=O)[C@@H]1[C@@H]2CC[C@]3(O2)[C@H](C(=O)N(CC=C)C(C)C)N(CCCCCO)C(=O)[C@@H]13)c1ccccc1. The number of fused-ring (bicyclic) bond motifs is 1. The van der Waals surface area contributed by atoms with E-state index in [1.807, 2.05) is 51.1 Å². The average molecular weight is 638 g/mol. The number of unbranched alkanes of at least 4 members (excludes halogenated alkanes) is 2. The predicted molar refractivity (Wildman–Crippen MR) is 174 cm³/mol. The Kier molecular flexibility index (Phi) is 11.8. The molecule has 4 rings (SSSR count). The summed E-state index contributed by atoms with van der Waals surface area (Å²) in [5.41, 5.74) is -0.405. The van der Waals surface area contributed by atoms with E-state index in [1.54, 1.807) is 33.9 Å². The Morgan fingerprint density at radius 2 is 1.85 bits per heavy atom. The normalized spacial score (nSPS) is 26.0. The van der Waals surface area contributed by atoms with Gasteiger partial charge >= 0.3 is 5.97 Å². The second-order valence-corrected chi connectivity index (χ2v) is 13.1. The Labute approximate surface area is 273 Å². The number of likely N-dealkylation sites (N-methyl/N-ethyl adjacent to an activating group) is 1. The molecule has 3 fully saturated rings. The molecule has 3 aliphatic heterocycles. The van der Waals surface area contributed by atoms with Crippen molar-refractivity contribution in [3.63, 3.8) is 0 Å². The van der Waals surface area contributed by atoms with Gasteiger partial charge in [-0.2, -0.15) is 0 Å². The zero-order valence-electron chi connectivity index (χ0n) is 27.8. The van der Waals surface area contributed by atoms with E-state index < -0.39 is 47.7 Å². The Hall–Kier alpha value is -3.50. The molecule has 3 heterocycles. The summed E-state index contributed by atoms with van der Waals surface area (Å²) in [6.07, 6.45) is 5.78. The molecule has 7 atom stereocenters. The van der Waals surface area contributed by atoms with Crippen LogP contribution in [0, 0.1) is 11.8 Å². The Bertz CT molecular complexity index is 1270. The summed E-state index contributed by atoms with van der Waals surface area (Å²) in [5.74, 6) is -2.87. The summed E-state index contributed by atoms with van der Waals surface area (Å²) in [7, 11) is 1.70. The highest BCUT2D eigenvalue weighted by Gasteiger charge is 2.75. The van der Waals surface area contributed by atoms with E-state index in [-0.39, 0.29) is 30.4 Å². The van der Waals surface area contributed by atoms with Crippen LogP contribution in [0.2, 0.25) is 0 Å². The van der Waals surface area contributed by atoms with Gasteiger partial charge in [-0.1, -0.05) is 42.5 Å². The molecule has 3 aliphatic rings. The van der Waals surface area contributed by atoms with Crippen molar-refractivity contribution < 1.29 is 33.8 Å². The number of hydrogen-bond acceptors (Lipinski definition) is 7. The second kappa shape index (κ2) is 15.4. The number of rotatable bonds is 17. The first kappa shape index (κ1) is 35.4. The lowest BCUT2D eigenvalue weighted by Gasteiger charge is -2.38. The van der Waals surface area contributed by atoms with Crippen LogP contribution in [0.15, 0.2) is 55.6 Å². The zero-order valence-corrected chi connectivity index (χ0v) is 27.8. The van der Waals surface area contributed by atoms with Gasteiger partial charge in [0.25, 0.3) is 0 Å². The minimum Gasteiger partial charge on any atom is -0.455 e. The van der Waals surface area contributed by atoms with Crippen LogP contribution in [0.25, 0.3) is 0 Å². The Morgan fingerprint density at radius 3 is 2.48 bits per heavy atom. The molecule has 1 N–H and O–H groups in total. The number of esters is 1. The van der Waals surface area contributed by atoms with Gasteiger partial charge in [0.2, 0.25) is 17.7 Å². The van der Waals surface area contributed by atoms with Crippen molar-refractivity contribution in [1.29, 1.82) is 0 Å². The fourth-order valence-electron chi connectivity index (χ4n) is 7.49. The first-order chi connectivity index (χ1) is 22.0. The number of aliphatic hydroxyl groups is 1.